The minimum atomic E-state index is -0.113. The van der Waals surface area contributed by atoms with Crippen LogP contribution in [-0.2, 0) is 6.54 Å². The summed E-state index contributed by atoms with van der Waals surface area (Å²) in [6, 6.07) is 17.0. The van der Waals surface area contributed by atoms with Crippen molar-refractivity contribution in [3.8, 4) is 5.75 Å². The monoisotopic (exact) mass is 410 g/mol. The van der Waals surface area contributed by atoms with Gasteiger partial charge in [-0.2, -0.15) is 0 Å². The van der Waals surface area contributed by atoms with Gasteiger partial charge in [-0.05, 0) is 48.7 Å². The van der Waals surface area contributed by atoms with Crippen LogP contribution in [0.4, 0.5) is 5.13 Å². The molecular formula is C21H18N2O3S2. The third kappa shape index (κ3) is 3.76. The number of ether oxygens (including phenoxy) is 1. The van der Waals surface area contributed by atoms with Crippen molar-refractivity contribution in [1.82, 2.24) is 4.98 Å². The number of carbonyl (C=O) groups excluding carboxylic acids is 1. The van der Waals surface area contributed by atoms with Crippen molar-refractivity contribution < 1.29 is 13.9 Å². The van der Waals surface area contributed by atoms with Gasteiger partial charge in [0.15, 0.2) is 5.13 Å². The summed E-state index contributed by atoms with van der Waals surface area (Å²) in [5, 5.41) is 0.624. The fourth-order valence-corrected chi connectivity index (χ4v) is 4.24. The Morgan fingerprint density at radius 1 is 1.21 bits per heavy atom. The van der Waals surface area contributed by atoms with Crippen LogP contribution >= 0.6 is 23.1 Å². The van der Waals surface area contributed by atoms with E-state index in [0.717, 1.165) is 20.9 Å². The highest BCUT2D eigenvalue weighted by atomic mass is 32.2. The highest BCUT2D eigenvalue weighted by molar-refractivity contribution is 7.98. The third-order valence-corrected chi connectivity index (χ3v) is 6.05. The molecule has 2 aromatic heterocycles. The molecular weight excluding hydrogens is 392 g/mol. The maximum absolute atomic E-state index is 13.4. The lowest BCUT2D eigenvalue weighted by Gasteiger charge is -2.19. The number of carbonyl (C=O) groups is 1. The zero-order chi connectivity index (χ0) is 19.5. The fraction of sp³-hybridized carbons (Fsp3) is 0.143. The van der Waals surface area contributed by atoms with E-state index in [9.17, 15) is 4.79 Å². The van der Waals surface area contributed by atoms with Crippen LogP contribution in [0.2, 0.25) is 0 Å². The molecule has 0 atom stereocenters. The number of hydrogen-bond acceptors (Lipinski definition) is 6. The van der Waals surface area contributed by atoms with E-state index in [1.165, 1.54) is 11.3 Å². The molecule has 1 amide bonds. The Balaban J connectivity index is 1.75. The second-order valence-corrected chi connectivity index (χ2v) is 7.92. The lowest BCUT2D eigenvalue weighted by Crippen LogP contribution is -2.30. The minimum Gasteiger partial charge on any atom is -0.497 e. The van der Waals surface area contributed by atoms with Gasteiger partial charge in [-0.15, -0.1) is 11.8 Å². The molecule has 4 aromatic rings. The summed E-state index contributed by atoms with van der Waals surface area (Å²) in [7, 11) is 1.62. The SMILES string of the molecule is COc1ccc2sc(N(Cc3ccco3)C(=O)c3cccc(SC)c3)nc2c1. The van der Waals surface area contributed by atoms with Crippen LogP contribution in [0, 0.1) is 0 Å². The Labute approximate surface area is 170 Å². The van der Waals surface area contributed by atoms with Gasteiger partial charge in [0, 0.05) is 16.5 Å². The first kappa shape index (κ1) is 18.6. The average molecular weight is 411 g/mol. The molecule has 0 bridgehead atoms. The second kappa shape index (κ2) is 8.08. The van der Waals surface area contributed by atoms with Crippen LogP contribution in [0.15, 0.2) is 70.2 Å². The molecule has 0 aliphatic carbocycles. The number of nitrogens with zero attached hydrogens (tertiary/aromatic N) is 2. The first-order chi connectivity index (χ1) is 13.7. The van der Waals surface area contributed by atoms with Gasteiger partial charge >= 0.3 is 0 Å². The summed E-state index contributed by atoms with van der Waals surface area (Å²) < 4.78 is 11.8. The summed E-state index contributed by atoms with van der Waals surface area (Å²) in [5.41, 5.74) is 1.42. The van der Waals surface area contributed by atoms with E-state index in [1.54, 1.807) is 30.0 Å². The van der Waals surface area contributed by atoms with Gasteiger partial charge in [0.25, 0.3) is 5.91 Å². The molecule has 0 aliphatic rings. The van der Waals surface area contributed by atoms with Crippen LogP contribution in [-0.4, -0.2) is 24.3 Å². The molecule has 0 aliphatic heterocycles. The van der Waals surface area contributed by atoms with E-state index in [-0.39, 0.29) is 5.91 Å². The molecule has 0 unspecified atom stereocenters. The topological polar surface area (TPSA) is 55.6 Å². The number of fused-ring (bicyclic) bond motifs is 1. The number of amides is 1. The maximum Gasteiger partial charge on any atom is 0.260 e. The zero-order valence-electron chi connectivity index (χ0n) is 15.4. The normalized spacial score (nSPS) is 10.9. The van der Waals surface area contributed by atoms with Crippen molar-refractivity contribution in [2.45, 2.75) is 11.4 Å². The molecule has 4 rings (SSSR count). The molecule has 0 radical (unpaired) electrons. The van der Waals surface area contributed by atoms with Crippen molar-refractivity contribution in [3.63, 3.8) is 0 Å². The van der Waals surface area contributed by atoms with Crippen LogP contribution in [0.3, 0.4) is 0 Å². The molecule has 0 saturated carbocycles. The summed E-state index contributed by atoms with van der Waals surface area (Å²) in [6.07, 6.45) is 3.60. The Morgan fingerprint density at radius 3 is 2.86 bits per heavy atom. The molecule has 0 N–H and O–H groups in total. The summed E-state index contributed by atoms with van der Waals surface area (Å²) in [4.78, 5) is 20.7. The number of aromatic nitrogens is 1. The highest BCUT2D eigenvalue weighted by Gasteiger charge is 2.23. The predicted molar refractivity (Wildman–Crippen MR) is 114 cm³/mol. The van der Waals surface area contributed by atoms with Crippen molar-refractivity contribution in [2.24, 2.45) is 0 Å². The first-order valence-electron chi connectivity index (χ1n) is 8.61. The molecule has 5 nitrogen and oxygen atoms in total. The van der Waals surface area contributed by atoms with Crippen LogP contribution in [0.25, 0.3) is 10.2 Å². The molecule has 2 aromatic carbocycles. The molecule has 0 fully saturated rings. The van der Waals surface area contributed by atoms with Gasteiger partial charge in [0.1, 0.15) is 11.5 Å². The fourth-order valence-electron chi connectivity index (χ4n) is 2.83. The molecule has 2 heterocycles. The van der Waals surface area contributed by atoms with E-state index in [0.29, 0.717) is 23.0 Å². The molecule has 28 heavy (non-hydrogen) atoms. The van der Waals surface area contributed by atoms with E-state index in [1.807, 2.05) is 60.9 Å². The van der Waals surface area contributed by atoms with Crippen molar-refractivity contribution in [3.05, 3.63) is 72.2 Å². The Morgan fingerprint density at radius 2 is 2.11 bits per heavy atom. The lowest BCUT2D eigenvalue weighted by molar-refractivity contribution is 0.0983. The highest BCUT2D eigenvalue weighted by Crippen LogP contribution is 2.33. The number of rotatable bonds is 6. The molecule has 142 valence electrons. The Bertz CT molecular complexity index is 1110. The van der Waals surface area contributed by atoms with Crippen LogP contribution in [0.1, 0.15) is 16.1 Å². The summed E-state index contributed by atoms with van der Waals surface area (Å²) in [6.45, 7) is 0.312. The summed E-state index contributed by atoms with van der Waals surface area (Å²) in [5.74, 6) is 1.32. The molecule has 0 spiro atoms. The van der Waals surface area contributed by atoms with E-state index < -0.39 is 0 Å². The summed E-state index contributed by atoms with van der Waals surface area (Å²) >= 11 is 3.08. The predicted octanol–water partition coefficient (Wildman–Crippen LogP) is 5.47. The first-order valence-corrected chi connectivity index (χ1v) is 10.6. The Hall–Kier alpha value is -2.77. The number of furan rings is 1. The zero-order valence-corrected chi connectivity index (χ0v) is 17.0. The average Bonchev–Trinajstić information content (AvgIpc) is 3.40. The van der Waals surface area contributed by atoms with E-state index in [4.69, 9.17) is 9.15 Å². The van der Waals surface area contributed by atoms with Crippen LogP contribution < -0.4 is 9.64 Å². The second-order valence-electron chi connectivity index (χ2n) is 6.03. The van der Waals surface area contributed by atoms with E-state index in [2.05, 4.69) is 4.98 Å². The third-order valence-electron chi connectivity index (χ3n) is 4.27. The smallest absolute Gasteiger partial charge is 0.260 e. The number of methoxy groups -OCH3 is 1. The van der Waals surface area contributed by atoms with Crippen molar-refractivity contribution in [2.75, 3.05) is 18.3 Å². The minimum absolute atomic E-state index is 0.113. The largest absolute Gasteiger partial charge is 0.497 e. The van der Waals surface area contributed by atoms with Gasteiger partial charge in [-0.3, -0.25) is 9.69 Å². The number of anilines is 1. The lowest BCUT2D eigenvalue weighted by atomic mass is 10.2. The maximum atomic E-state index is 13.4. The number of hydrogen-bond donors (Lipinski definition) is 0. The number of thiazole rings is 1. The van der Waals surface area contributed by atoms with Gasteiger partial charge in [0.05, 0.1) is 30.1 Å². The van der Waals surface area contributed by atoms with Gasteiger partial charge in [-0.1, -0.05) is 17.4 Å². The van der Waals surface area contributed by atoms with Crippen LogP contribution in [0.5, 0.6) is 5.75 Å². The van der Waals surface area contributed by atoms with Gasteiger partial charge in [-0.25, -0.2) is 4.98 Å². The number of benzene rings is 2. The van der Waals surface area contributed by atoms with Crippen molar-refractivity contribution >= 4 is 44.4 Å². The van der Waals surface area contributed by atoms with E-state index >= 15 is 0 Å². The van der Waals surface area contributed by atoms with Gasteiger partial charge < -0.3 is 9.15 Å². The number of thioether (sulfide) groups is 1. The Kier molecular flexibility index (Phi) is 5.36. The molecule has 0 saturated heterocycles. The van der Waals surface area contributed by atoms with Gasteiger partial charge in [0.2, 0.25) is 0 Å². The molecule has 7 heteroatoms. The quantitative estimate of drug-likeness (QED) is 0.395. The standard InChI is InChI=1S/C21H18N2O3S2/c1-25-15-8-9-19-18(12-15)22-21(28-19)23(13-16-6-4-10-26-16)20(24)14-5-3-7-17(11-14)27-2/h3-12H,13H2,1-2H3. The van der Waals surface area contributed by atoms with Crippen molar-refractivity contribution in [1.29, 1.82) is 0 Å².